The van der Waals surface area contributed by atoms with Crippen molar-refractivity contribution in [3.63, 3.8) is 0 Å². The van der Waals surface area contributed by atoms with Gasteiger partial charge in [0, 0.05) is 32.7 Å². The molecule has 0 spiro atoms. The van der Waals surface area contributed by atoms with E-state index in [1.165, 1.54) is 6.33 Å². The number of hydrogen-bond acceptors (Lipinski definition) is 10. The molecule has 4 rings (SSSR count). The molecule has 11 nitrogen and oxygen atoms in total. The van der Waals surface area contributed by atoms with E-state index in [9.17, 15) is 10.1 Å². The first-order valence-electron chi connectivity index (χ1n) is 8.92. The van der Waals surface area contributed by atoms with Crippen molar-refractivity contribution < 1.29 is 14.4 Å². The lowest BCUT2D eigenvalue weighted by atomic mass is 10.2. The monoisotopic (exact) mass is 387 g/mol. The molecular weight excluding hydrogens is 366 g/mol. The maximum absolute atomic E-state index is 11.7. The van der Waals surface area contributed by atoms with Crippen molar-refractivity contribution in [3.05, 3.63) is 40.2 Å². The van der Waals surface area contributed by atoms with Crippen molar-refractivity contribution in [1.29, 1.82) is 0 Å². The van der Waals surface area contributed by atoms with Crippen LogP contribution in [0.5, 0.6) is 11.5 Å². The van der Waals surface area contributed by atoms with Gasteiger partial charge in [0.25, 0.3) is 0 Å². The van der Waals surface area contributed by atoms with Crippen molar-refractivity contribution in [2.75, 3.05) is 50.8 Å². The van der Waals surface area contributed by atoms with E-state index in [4.69, 9.17) is 9.47 Å². The molecule has 3 heterocycles. The number of rotatable bonds is 6. The van der Waals surface area contributed by atoms with Gasteiger partial charge in [0.1, 0.15) is 6.33 Å². The van der Waals surface area contributed by atoms with E-state index in [-0.39, 0.29) is 24.1 Å². The summed E-state index contributed by atoms with van der Waals surface area (Å²) in [5.41, 5.74) is 3.78. The van der Waals surface area contributed by atoms with Gasteiger partial charge < -0.3 is 19.7 Å². The number of nitro groups is 1. The van der Waals surface area contributed by atoms with Gasteiger partial charge in [0.05, 0.1) is 4.92 Å². The SMILES string of the molecule is CN1CCN(Nc2ncnc(NCc3ccc4c(c3)OCO4)c2[N+](=O)[O-])CC1. The predicted molar refractivity (Wildman–Crippen MR) is 101 cm³/mol. The zero-order valence-electron chi connectivity index (χ0n) is 15.4. The van der Waals surface area contributed by atoms with Gasteiger partial charge in [-0.3, -0.25) is 15.5 Å². The number of likely N-dealkylation sites (N-methyl/N-ethyl adjacent to an activating group) is 1. The molecule has 2 aromatic rings. The second kappa shape index (κ2) is 7.82. The van der Waals surface area contributed by atoms with E-state index >= 15 is 0 Å². The molecule has 1 fully saturated rings. The average molecular weight is 387 g/mol. The highest BCUT2D eigenvalue weighted by Gasteiger charge is 2.25. The lowest BCUT2D eigenvalue weighted by molar-refractivity contribution is -0.383. The number of aromatic nitrogens is 2. The number of piperazine rings is 1. The molecule has 2 aliphatic rings. The van der Waals surface area contributed by atoms with E-state index in [0.717, 1.165) is 31.7 Å². The number of hydrogen-bond donors (Lipinski definition) is 2. The Morgan fingerprint density at radius 3 is 2.68 bits per heavy atom. The Kier molecular flexibility index (Phi) is 5.08. The quantitative estimate of drug-likeness (QED) is 0.554. The van der Waals surface area contributed by atoms with Gasteiger partial charge in [-0.05, 0) is 24.7 Å². The molecule has 0 unspecified atom stereocenters. The molecule has 0 amide bonds. The third-order valence-corrected chi connectivity index (χ3v) is 4.67. The Morgan fingerprint density at radius 1 is 1.14 bits per heavy atom. The second-order valence-corrected chi connectivity index (χ2v) is 6.62. The summed E-state index contributed by atoms with van der Waals surface area (Å²) in [6.07, 6.45) is 1.31. The van der Waals surface area contributed by atoms with Crippen molar-refractivity contribution in [3.8, 4) is 11.5 Å². The standard InChI is InChI=1S/C17H21N7O4/c1-22-4-6-23(7-5-22)21-17-15(24(25)26)16(19-10-20-17)18-9-12-2-3-13-14(8-12)28-11-27-13/h2-3,8,10H,4-7,9,11H2,1H3,(H2,18,19,20,21). The number of hydrazine groups is 1. The summed E-state index contributed by atoms with van der Waals surface area (Å²) in [4.78, 5) is 21.6. The third-order valence-electron chi connectivity index (χ3n) is 4.67. The van der Waals surface area contributed by atoms with Crippen LogP contribution in [-0.2, 0) is 6.54 Å². The van der Waals surface area contributed by atoms with Gasteiger partial charge in [-0.2, -0.15) is 0 Å². The Hall–Kier alpha value is -3.18. The van der Waals surface area contributed by atoms with Crippen LogP contribution in [0.3, 0.4) is 0 Å². The molecule has 0 atom stereocenters. The minimum Gasteiger partial charge on any atom is -0.454 e. The van der Waals surface area contributed by atoms with E-state index in [0.29, 0.717) is 18.0 Å². The molecule has 2 aliphatic heterocycles. The minimum atomic E-state index is -0.472. The van der Waals surface area contributed by atoms with Crippen molar-refractivity contribution in [1.82, 2.24) is 19.9 Å². The molecule has 0 bridgehead atoms. The lowest BCUT2D eigenvalue weighted by Crippen LogP contribution is -2.47. The van der Waals surface area contributed by atoms with E-state index in [1.54, 1.807) is 0 Å². The van der Waals surface area contributed by atoms with Crippen LogP contribution in [0.25, 0.3) is 0 Å². The summed E-state index contributed by atoms with van der Waals surface area (Å²) >= 11 is 0. The highest BCUT2D eigenvalue weighted by molar-refractivity contribution is 5.69. The van der Waals surface area contributed by atoms with Crippen LogP contribution in [0.4, 0.5) is 17.3 Å². The number of nitrogens with zero attached hydrogens (tertiary/aromatic N) is 5. The van der Waals surface area contributed by atoms with Gasteiger partial charge in [-0.25, -0.2) is 15.0 Å². The fourth-order valence-electron chi connectivity index (χ4n) is 3.07. The molecule has 148 valence electrons. The van der Waals surface area contributed by atoms with Gasteiger partial charge in [-0.15, -0.1) is 0 Å². The zero-order chi connectivity index (χ0) is 19.5. The number of ether oxygens (including phenoxy) is 2. The molecule has 2 N–H and O–H groups in total. The van der Waals surface area contributed by atoms with E-state index in [1.807, 2.05) is 30.3 Å². The average Bonchev–Trinajstić information content (AvgIpc) is 3.16. The molecule has 28 heavy (non-hydrogen) atoms. The normalized spacial score (nSPS) is 16.8. The van der Waals surface area contributed by atoms with E-state index in [2.05, 4.69) is 25.6 Å². The van der Waals surface area contributed by atoms with Gasteiger partial charge in [0.2, 0.25) is 18.4 Å². The summed E-state index contributed by atoms with van der Waals surface area (Å²) < 4.78 is 10.7. The maximum atomic E-state index is 11.7. The number of anilines is 2. The van der Waals surface area contributed by atoms with Crippen LogP contribution in [0.15, 0.2) is 24.5 Å². The highest BCUT2D eigenvalue weighted by atomic mass is 16.7. The number of fused-ring (bicyclic) bond motifs is 1. The van der Waals surface area contributed by atoms with Crippen LogP contribution in [0.2, 0.25) is 0 Å². The van der Waals surface area contributed by atoms with Gasteiger partial charge >= 0.3 is 5.69 Å². The molecular formula is C17H21N7O4. The molecule has 1 saturated heterocycles. The van der Waals surface area contributed by atoms with Gasteiger partial charge in [-0.1, -0.05) is 6.07 Å². The first-order valence-corrected chi connectivity index (χ1v) is 8.92. The Bertz CT molecular complexity index is 871. The first-order chi connectivity index (χ1) is 13.6. The van der Waals surface area contributed by atoms with Crippen molar-refractivity contribution >= 4 is 17.3 Å². The topological polar surface area (TPSA) is 118 Å². The van der Waals surface area contributed by atoms with Crippen LogP contribution in [-0.4, -0.2) is 64.8 Å². The zero-order valence-corrected chi connectivity index (χ0v) is 15.4. The van der Waals surface area contributed by atoms with Crippen LogP contribution in [0.1, 0.15) is 5.56 Å². The van der Waals surface area contributed by atoms with Crippen LogP contribution < -0.4 is 20.2 Å². The Morgan fingerprint density at radius 2 is 1.89 bits per heavy atom. The molecule has 11 heteroatoms. The molecule has 1 aromatic carbocycles. The molecule has 0 aliphatic carbocycles. The first kappa shape index (κ1) is 18.2. The summed E-state index contributed by atoms with van der Waals surface area (Å²) in [5, 5.41) is 16.6. The fraction of sp³-hybridized carbons (Fsp3) is 0.412. The van der Waals surface area contributed by atoms with Crippen LogP contribution >= 0.6 is 0 Å². The maximum Gasteiger partial charge on any atom is 0.354 e. The molecule has 1 aromatic heterocycles. The highest BCUT2D eigenvalue weighted by Crippen LogP contribution is 2.33. The second-order valence-electron chi connectivity index (χ2n) is 6.62. The summed E-state index contributed by atoms with van der Waals surface area (Å²) in [6, 6.07) is 5.52. The summed E-state index contributed by atoms with van der Waals surface area (Å²) in [6.45, 7) is 3.80. The largest absolute Gasteiger partial charge is 0.454 e. The Balaban J connectivity index is 1.49. The van der Waals surface area contributed by atoms with E-state index < -0.39 is 4.92 Å². The summed E-state index contributed by atoms with van der Waals surface area (Å²) in [5.74, 6) is 1.69. The molecule has 0 saturated carbocycles. The Labute approximate surface area is 161 Å². The van der Waals surface area contributed by atoms with Crippen molar-refractivity contribution in [2.45, 2.75) is 6.54 Å². The van der Waals surface area contributed by atoms with Gasteiger partial charge in [0.15, 0.2) is 11.5 Å². The fourth-order valence-corrected chi connectivity index (χ4v) is 3.07. The number of benzene rings is 1. The lowest BCUT2D eigenvalue weighted by Gasteiger charge is -2.32. The third kappa shape index (κ3) is 3.89. The predicted octanol–water partition coefficient (Wildman–Crippen LogP) is 1.30. The van der Waals surface area contributed by atoms with Crippen LogP contribution in [0, 0.1) is 10.1 Å². The minimum absolute atomic E-state index is 0.161. The van der Waals surface area contributed by atoms with Crippen molar-refractivity contribution in [2.24, 2.45) is 0 Å². The molecule has 0 radical (unpaired) electrons. The smallest absolute Gasteiger partial charge is 0.354 e. The number of nitrogens with one attached hydrogen (secondary N) is 2. The summed E-state index contributed by atoms with van der Waals surface area (Å²) in [7, 11) is 2.04.